The van der Waals surface area contributed by atoms with Gasteiger partial charge in [-0.05, 0) is 78.0 Å². The molecule has 2 fully saturated rings. The van der Waals surface area contributed by atoms with Crippen LogP contribution >= 0.6 is 0 Å². The third-order valence-electron chi connectivity index (χ3n) is 7.67. The fraction of sp³-hybridized carbons (Fsp3) is 0.636. The van der Waals surface area contributed by atoms with Gasteiger partial charge < -0.3 is 28.9 Å². The molecule has 4 rings (SSSR count). The molecule has 0 radical (unpaired) electrons. The first-order valence-electron chi connectivity index (χ1n) is 15.3. The lowest BCUT2D eigenvalue weighted by Gasteiger charge is -2.32. The highest BCUT2D eigenvalue weighted by molar-refractivity contribution is 5.26. The van der Waals surface area contributed by atoms with E-state index in [-0.39, 0.29) is 0 Å². The van der Waals surface area contributed by atoms with E-state index in [0.717, 1.165) is 63.9 Å². The second kappa shape index (κ2) is 19.1. The van der Waals surface area contributed by atoms with Crippen LogP contribution in [0.15, 0.2) is 48.5 Å². The molecule has 2 saturated heterocycles. The Kier molecular flexibility index (Phi) is 15.4. The minimum Gasteiger partial charge on any atom is -0.494 e. The quantitative estimate of drug-likeness (QED) is 0.320. The van der Waals surface area contributed by atoms with E-state index >= 15 is 0 Å². The number of piperazine rings is 2. The molecule has 2 aromatic carbocycles. The Bertz CT molecular complexity index is 817. The first-order valence-corrected chi connectivity index (χ1v) is 15.3. The largest absolute Gasteiger partial charge is 0.494 e. The molecular weight excluding hydrogens is 500 g/mol. The van der Waals surface area contributed by atoms with E-state index in [4.69, 9.17) is 14.2 Å². The third-order valence-corrected chi connectivity index (χ3v) is 7.67. The van der Waals surface area contributed by atoms with Gasteiger partial charge in [0.05, 0.1) is 19.8 Å². The van der Waals surface area contributed by atoms with Crippen LogP contribution in [0.25, 0.3) is 0 Å². The van der Waals surface area contributed by atoms with Crippen molar-refractivity contribution in [3.8, 4) is 11.5 Å². The lowest BCUT2D eigenvalue weighted by molar-refractivity contribution is 0.0658. The van der Waals surface area contributed by atoms with Gasteiger partial charge in [0.25, 0.3) is 0 Å². The number of unbranched alkanes of at least 4 members (excludes halogenated alkanes) is 2. The molecule has 0 bridgehead atoms. The molecule has 7 nitrogen and oxygen atoms in total. The Morgan fingerprint density at radius 2 is 0.975 bits per heavy atom. The second-order valence-corrected chi connectivity index (χ2v) is 11.3. The van der Waals surface area contributed by atoms with Gasteiger partial charge in [-0.1, -0.05) is 35.4 Å². The maximum absolute atomic E-state index is 5.75. The molecule has 0 aromatic heterocycles. The first-order chi connectivity index (χ1) is 19.5. The van der Waals surface area contributed by atoms with Crippen LogP contribution in [-0.2, 0) is 4.74 Å². The van der Waals surface area contributed by atoms with Crippen molar-refractivity contribution in [1.29, 1.82) is 0 Å². The van der Waals surface area contributed by atoms with E-state index in [2.05, 4.69) is 83.9 Å². The van der Waals surface area contributed by atoms with Crippen molar-refractivity contribution >= 4 is 0 Å². The van der Waals surface area contributed by atoms with E-state index in [1.807, 2.05) is 12.1 Å². The summed E-state index contributed by atoms with van der Waals surface area (Å²) >= 11 is 0. The predicted octanol–water partition coefficient (Wildman–Crippen LogP) is 4.43. The molecule has 0 N–H and O–H groups in total. The summed E-state index contributed by atoms with van der Waals surface area (Å²) in [6, 6.07) is 16.4. The number of ether oxygens (including phenoxy) is 3. The van der Waals surface area contributed by atoms with E-state index in [9.17, 15) is 0 Å². The molecule has 0 spiro atoms. The lowest BCUT2D eigenvalue weighted by atomic mass is 10.2. The van der Waals surface area contributed by atoms with Crippen LogP contribution in [0.3, 0.4) is 0 Å². The number of rotatable bonds is 14. The Hall–Kier alpha value is -2.16. The van der Waals surface area contributed by atoms with Gasteiger partial charge in [0.15, 0.2) is 0 Å². The summed E-state index contributed by atoms with van der Waals surface area (Å²) in [5.74, 6) is 1.91. The van der Waals surface area contributed by atoms with Gasteiger partial charge in [-0.25, -0.2) is 0 Å². The summed E-state index contributed by atoms with van der Waals surface area (Å²) in [7, 11) is 4.38. The normalized spacial score (nSPS) is 17.3. The number of hydrogen-bond acceptors (Lipinski definition) is 7. The topological polar surface area (TPSA) is 40.7 Å². The van der Waals surface area contributed by atoms with Gasteiger partial charge in [-0.2, -0.15) is 0 Å². The summed E-state index contributed by atoms with van der Waals surface area (Å²) < 4.78 is 17.0. The average Bonchev–Trinajstić information content (AvgIpc) is 2.97. The fourth-order valence-electron chi connectivity index (χ4n) is 4.73. The van der Waals surface area contributed by atoms with Crippen LogP contribution in [0, 0.1) is 13.8 Å². The molecule has 0 amide bonds. The lowest BCUT2D eigenvalue weighted by Crippen LogP contribution is -2.45. The molecule has 0 saturated carbocycles. The maximum Gasteiger partial charge on any atom is 0.119 e. The Balaban J connectivity index is 0.000000220. The molecular formula is C33H54N4O3. The molecule has 0 unspecified atom stereocenters. The summed E-state index contributed by atoms with van der Waals surface area (Å²) in [5.41, 5.74) is 2.53. The molecule has 2 aliphatic heterocycles. The molecule has 2 aliphatic rings. The minimum absolute atomic E-state index is 0.617. The molecule has 2 heterocycles. The Morgan fingerprint density at radius 3 is 1.50 bits per heavy atom. The molecule has 2 aromatic rings. The molecule has 0 aliphatic carbocycles. The van der Waals surface area contributed by atoms with Crippen LogP contribution < -0.4 is 9.47 Å². The Labute approximate surface area is 244 Å². The zero-order chi connectivity index (χ0) is 28.4. The van der Waals surface area contributed by atoms with E-state index in [0.29, 0.717) is 13.2 Å². The Morgan fingerprint density at radius 1 is 0.500 bits per heavy atom. The van der Waals surface area contributed by atoms with Crippen LogP contribution in [-0.4, -0.2) is 126 Å². The smallest absolute Gasteiger partial charge is 0.119 e. The molecule has 224 valence electrons. The van der Waals surface area contributed by atoms with E-state index < -0.39 is 0 Å². The van der Waals surface area contributed by atoms with Gasteiger partial charge in [-0.3, -0.25) is 4.90 Å². The number of likely N-dealkylation sites (N-methyl/N-ethyl adjacent to an activating group) is 2. The van der Waals surface area contributed by atoms with Gasteiger partial charge in [0.2, 0.25) is 0 Å². The molecule has 0 atom stereocenters. The molecule has 7 heteroatoms. The van der Waals surface area contributed by atoms with E-state index in [1.54, 1.807) is 0 Å². The zero-order valence-electron chi connectivity index (χ0n) is 25.7. The van der Waals surface area contributed by atoms with Crippen molar-refractivity contribution in [3.63, 3.8) is 0 Å². The van der Waals surface area contributed by atoms with Crippen LogP contribution in [0.4, 0.5) is 0 Å². The SMILES string of the molecule is Cc1ccc(OCCCCCN2CCN(C)CC2)cc1.Cc1ccc(OCCOCCN2CCN(C)CC2)cc1. The van der Waals surface area contributed by atoms with Crippen molar-refractivity contribution in [2.75, 3.05) is 106 Å². The summed E-state index contributed by atoms with van der Waals surface area (Å²) in [6.07, 6.45) is 3.71. The standard InChI is InChI=1S/C17H28N2O.C16H26N2O2/c1-16-6-8-17(9-7-16)20-15-5-3-4-10-19-13-11-18(2)12-14-19;1-15-3-5-16(6-4-15)20-14-13-19-12-11-18-9-7-17(2)8-10-18/h6-9H,3-5,10-15H2,1-2H3;3-6H,7-14H2,1-2H3. The van der Waals surface area contributed by atoms with Crippen molar-refractivity contribution in [2.45, 2.75) is 33.1 Å². The zero-order valence-corrected chi connectivity index (χ0v) is 25.7. The highest BCUT2D eigenvalue weighted by atomic mass is 16.5. The van der Waals surface area contributed by atoms with Crippen molar-refractivity contribution < 1.29 is 14.2 Å². The number of benzene rings is 2. The van der Waals surface area contributed by atoms with Gasteiger partial charge in [0.1, 0.15) is 18.1 Å². The first kappa shape index (κ1) is 32.4. The van der Waals surface area contributed by atoms with Crippen molar-refractivity contribution in [2.24, 2.45) is 0 Å². The summed E-state index contributed by atoms with van der Waals surface area (Å²) in [4.78, 5) is 9.82. The van der Waals surface area contributed by atoms with Crippen LogP contribution in [0.5, 0.6) is 11.5 Å². The predicted molar refractivity (Wildman–Crippen MR) is 166 cm³/mol. The summed E-state index contributed by atoms with van der Waals surface area (Å²) in [6.45, 7) is 18.9. The number of hydrogen-bond donors (Lipinski definition) is 0. The van der Waals surface area contributed by atoms with Gasteiger partial charge in [-0.15, -0.1) is 0 Å². The van der Waals surface area contributed by atoms with Crippen molar-refractivity contribution in [3.05, 3.63) is 59.7 Å². The second-order valence-electron chi connectivity index (χ2n) is 11.3. The van der Waals surface area contributed by atoms with Crippen molar-refractivity contribution in [1.82, 2.24) is 19.6 Å². The monoisotopic (exact) mass is 554 g/mol. The number of aryl methyl sites for hydroxylation is 2. The summed E-state index contributed by atoms with van der Waals surface area (Å²) in [5, 5.41) is 0. The van der Waals surface area contributed by atoms with E-state index in [1.165, 1.54) is 56.7 Å². The van der Waals surface area contributed by atoms with Crippen LogP contribution in [0.2, 0.25) is 0 Å². The van der Waals surface area contributed by atoms with Crippen LogP contribution in [0.1, 0.15) is 30.4 Å². The highest BCUT2D eigenvalue weighted by Crippen LogP contribution is 2.13. The van der Waals surface area contributed by atoms with Gasteiger partial charge >= 0.3 is 0 Å². The fourth-order valence-corrected chi connectivity index (χ4v) is 4.73. The third kappa shape index (κ3) is 14.0. The van der Waals surface area contributed by atoms with Gasteiger partial charge in [0, 0.05) is 58.9 Å². The molecule has 40 heavy (non-hydrogen) atoms. The number of nitrogens with zero attached hydrogens (tertiary/aromatic N) is 4. The maximum atomic E-state index is 5.75. The average molecular weight is 555 g/mol. The highest BCUT2D eigenvalue weighted by Gasteiger charge is 2.13. The minimum atomic E-state index is 0.617.